The molecule has 2 unspecified atom stereocenters. The molecule has 1 saturated heterocycles. The van der Waals surface area contributed by atoms with E-state index >= 15 is 0 Å². The first-order valence-corrected chi connectivity index (χ1v) is 7.81. The highest BCUT2D eigenvalue weighted by Gasteiger charge is 2.30. The van der Waals surface area contributed by atoms with Gasteiger partial charge in [-0.05, 0) is 49.1 Å². The summed E-state index contributed by atoms with van der Waals surface area (Å²) in [6, 6.07) is 17.1. The van der Waals surface area contributed by atoms with Gasteiger partial charge in [-0.1, -0.05) is 30.3 Å². The Morgan fingerprint density at radius 1 is 1.05 bits per heavy atom. The Bertz CT molecular complexity index is 612. The maximum absolute atomic E-state index is 5.56. The van der Waals surface area contributed by atoms with Crippen molar-refractivity contribution in [3.63, 3.8) is 0 Å². The van der Waals surface area contributed by atoms with Crippen LogP contribution in [0, 0.1) is 5.92 Å². The molecule has 0 spiro atoms. The van der Waals surface area contributed by atoms with Crippen LogP contribution >= 0.6 is 0 Å². The minimum absolute atomic E-state index is 0.310. The van der Waals surface area contributed by atoms with E-state index in [1.807, 2.05) is 12.1 Å². The molecule has 0 bridgehead atoms. The molecule has 0 aliphatic carbocycles. The molecule has 2 aromatic carbocycles. The number of hydrogen-bond donors (Lipinski definition) is 1. The monoisotopic (exact) mass is 297 g/mol. The van der Waals surface area contributed by atoms with Crippen LogP contribution < -0.4 is 14.8 Å². The molecule has 0 aromatic heterocycles. The van der Waals surface area contributed by atoms with Crippen LogP contribution in [0.15, 0.2) is 48.5 Å². The number of rotatable bonds is 5. The second-order valence-electron chi connectivity index (χ2n) is 5.78. The molecule has 0 radical (unpaired) electrons. The molecule has 116 valence electrons. The first-order chi connectivity index (χ1) is 10.8. The quantitative estimate of drug-likeness (QED) is 0.914. The average molecular weight is 297 g/mol. The molecule has 1 aliphatic heterocycles. The second kappa shape index (κ2) is 6.84. The summed E-state index contributed by atoms with van der Waals surface area (Å²) >= 11 is 0. The van der Waals surface area contributed by atoms with E-state index in [-0.39, 0.29) is 0 Å². The molecule has 22 heavy (non-hydrogen) atoms. The summed E-state index contributed by atoms with van der Waals surface area (Å²) in [7, 11) is 3.43. The van der Waals surface area contributed by atoms with Crippen LogP contribution in [0.25, 0.3) is 0 Å². The maximum atomic E-state index is 5.56. The number of ether oxygens (including phenoxy) is 2. The predicted molar refractivity (Wildman–Crippen MR) is 88.5 cm³/mol. The van der Waals surface area contributed by atoms with Gasteiger partial charge in [0.2, 0.25) is 0 Å². The van der Waals surface area contributed by atoms with Gasteiger partial charge in [0.05, 0.1) is 14.2 Å². The van der Waals surface area contributed by atoms with Gasteiger partial charge in [-0.3, -0.25) is 0 Å². The second-order valence-corrected chi connectivity index (χ2v) is 5.78. The molecule has 1 fully saturated rings. The highest BCUT2D eigenvalue weighted by molar-refractivity contribution is 5.43. The summed E-state index contributed by atoms with van der Waals surface area (Å²) in [6.45, 7) is 1.04. The Kier molecular flexibility index (Phi) is 4.64. The van der Waals surface area contributed by atoms with Crippen molar-refractivity contribution in [2.75, 3.05) is 20.8 Å². The van der Waals surface area contributed by atoms with Crippen LogP contribution in [-0.4, -0.2) is 20.8 Å². The van der Waals surface area contributed by atoms with Gasteiger partial charge in [-0.2, -0.15) is 0 Å². The summed E-state index contributed by atoms with van der Waals surface area (Å²) in [5.74, 6) is 2.38. The zero-order valence-corrected chi connectivity index (χ0v) is 13.2. The number of nitrogens with one attached hydrogen (secondary N) is 1. The summed E-state index contributed by atoms with van der Waals surface area (Å²) in [5, 5.41) is 3.63. The van der Waals surface area contributed by atoms with Crippen molar-refractivity contribution in [2.45, 2.75) is 18.9 Å². The van der Waals surface area contributed by atoms with E-state index in [1.165, 1.54) is 17.5 Å². The third-order valence-corrected chi connectivity index (χ3v) is 4.46. The van der Waals surface area contributed by atoms with Crippen molar-refractivity contribution in [3.8, 4) is 11.5 Å². The Morgan fingerprint density at radius 3 is 2.59 bits per heavy atom. The van der Waals surface area contributed by atoms with Crippen molar-refractivity contribution in [1.29, 1.82) is 0 Å². The molecule has 3 heteroatoms. The van der Waals surface area contributed by atoms with Crippen LogP contribution in [0.1, 0.15) is 23.6 Å². The lowest BCUT2D eigenvalue weighted by Gasteiger charge is -2.22. The fourth-order valence-corrected chi connectivity index (χ4v) is 3.34. The molecule has 0 saturated carbocycles. The first kappa shape index (κ1) is 14.9. The maximum Gasteiger partial charge on any atom is 0.123 e. The molecule has 1 N–H and O–H groups in total. The summed E-state index contributed by atoms with van der Waals surface area (Å²) < 4.78 is 10.9. The fourth-order valence-electron chi connectivity index (χ4n) is 3.34. The molecular weight excluding hydrogens is 274 g/mol. The molecule has 1 aliphatic rings. The lowest BCUT2D eigenvalue weighted by Crippen LogP contribution is -2.20. The van der Waals surface area contributed by atoms with E-state index in [2.05, 4.69) is 41.7 Å². The van der Waals surface area contributed by atoms with Crippen LogP contribution in [0.4, 0.5) is 0 Å². The summed E-state index contributed by atoms with van der Waals surface area (Å²) in [6.07, 6.45) is 2.26. The Balaban J connectivity index is 1.86. The van der Waals surface area contributed by atoms with Gasteiger partial charge < -0.3 is 14.8 Å². The molecule has 0 amide bonds. The Labute approximate surface area is 132 Å². The lowest BCUT2D eigenvalue weighted by molar-refractivity contribution is 0.380. The third-order valence-electron chi connectivity index (χ3n) is 4.46. The standard InChI is InChI=1S/C19H23NO2/c1-21-16-8-9-18(22-2)17(13-16)19-15(10-11-20-19)12-14-6-4-3-5-7-14/h3-9,13,15,19-20H,10-12H2,1-2H3. The summed E-state index contributed by atoms with van der Waals surface area (Å²) in [5.41, 5.74) is 2.59. The molecule has 2 atom stereocenters. The SMILES string of the molecule is COc1ccc(OC)c(C2NCCC2Cc2ccccc2)c1. The zero-order chi connectivity index (χ0) is 15.4. The Morgan fingerprint density at radius 2 is 1.86 bits per heavy atom. The lowest BCUT2D eigenvalue weighted by atomic mass is 9.88. The number of benzene rings is 2. The first-order valence-electron chi connectivity index (χ1n) is 7.81. The van der Waals surface area contributed by atoms with Crippen LogP contribution in [0.3, 0.4) is 0 Å². The van der Waals surface area contributed by atoms with Crippen LogP contribution in [-0.2, 0) is 6.42 Å². The molecular formula is C19H23NO2. The molecule has 3 rings (SSSR count). The predicted octanol–water partition coefficient (Wildman–Crippen LogP) is 3.60. The van der Waals surface area contributed by atoms with Gasteiger partial charge >= 0.3 is 0 Å². The highest BCUT2D eigenvalue weighted by Crippen LogP contribution is 2.38. The highest BCUT2D eigenvalue weighted by atomic mass is 16.5. The van der Waals surface area contributed by atoms with Gasteiger partial charge in [0.25, 0.3) is 0 Å². The molecule has 3 nitrogen and oxygen atoms in total. The molecule has 1 heterocycles. The van der Waals surface area contributed by atoms with E-state index in [4.69, 9.17) is 9.47 Å². The van der Waals surface area contributed by atoms with E-state index in [1.54, 1.807) is 14.2 Å². The number of hydrogen-bond acceptors (Lipinski definition) is 3. The largest absolute Gasteiger partial charge is 0.497 e. The van der Waals surface area contributed by atoms with Crippen molar-refractivity contribution in [1.82, 2.24) is 5.32 Å². The van der Waals surface area contributed by atoms with Gasteiger partial charge in [-0.15, -0.1) is 0 Å². The van der Waals surface area contributed by atoms with Crippen molar-refractivity contribution in [3.05, 3.63) is 59.7 Å². The van der Waals surface area contributed by atoms with Gasteiger partial charge in [0.15, 0.2) is 0 Å². The normalized spacial score (nSPS) is 20.8. The molecule has 2 aromatic rings. The van der Waals surface area contributed by atoms with E-state index in [0.717, 1.165) is 24.5 Å². The summed E-state index contributed by atoms with van der Waals surface area (Å²) in [4.78, 5) is 0. The minimum atomic E-state index is 0.310. The minimum Gasteiger partial charge on any atom is -0.497 e. The van der Waals surface area contributed by atoms with E-state index in [9.17, 15) is 0 Å². The van der Waals surface area contributed by atoms with Crippen molar-refractivity contribution >= 4 is 0 Å². The van der Waals surface area contributed by atoms with Crippen LogP contribution in [0.5, 0.6) is 11.5 Å². The Hall–Kier alpha value is -2.00. The van der Waals surface area contributed by atoms with Crippen molar-refractivity contribution in [2.24, 2.45) is 5.92 Å². The van der Waals surface area contributed by atoms with E-state index in [0.29, 0.717) is 12.0 Å². The number of methoxy groups -OCH3 is 2. The third kappa shape index (κ3) is 3.09. The average Bonchev–Trinajstić information content (AvgIpc) is 3.03. The topological polar surface area (TPSA) is 30.5 Å². The van der Waals surface area contributed by atoms with E-state index < -0.39 is 0 Å². The van der Waals surface area contributed by atoms with Gasteiger partial charge in [0, 0.05) is 11.6 Å². The van der Waals surface area contributed by atoms with Gasteiger partial charge in [-0.25, -0.2) is 0 Å². The van der Waals surface area contributed by atoms with Crippen LogP contribution in [0.2, 0.25) is 0 Å². The fraction of sp³-hybridized carbons (Fsp3) is 0.368. The smallest absolute Gasteiger partial charge is 0.123 e. The zero-order valence-electron chi connectivity index (χ0n) is 13.2. The van der Waals surface area contributed by atoms with Gasteiger partial charge in [0.1, 0.15) is 11.5 Å². The van der Waals surface area contributed by atoms with Crippen molar-refractivity contribution < 1.29 is 9.47 Å².